The average Bonchev–Trinajstić information content (AvgIpc) is 2.88. The molecule has 24 heavy (non-hydrogen) atoms. The van der Waals surface area contributed by atoms with E-state index in [2.05, 4.69) is 10.2 Å². The summed E-state index contributed by atoms with van der Waals surface area (Å²) in [5.74, 6) is 1.52. The number of likely N-dealkylation sites (tertiary alicyclic amines) is 1. The standard InChI is InChI=1S/C19H23ClN2O2/c1-22-13-16(23)9-15(22)12-21-11-14-7-8-18(10-19(14)20)24-17-5-3-2-4-6-17/h2-8,10,15-16,21,23H,9,11-13H2,1H3. The molecule has 2 atom stereocenters. The van der Waals surface area contributed by atoms with E-state index < -0.39 is 0 Å². The van der Waals surface area contributed by atoms with Crippen molar-refractivity contribution in [1.82, 2.24) is 10.2 Å². The lowest BCUT2D eigenvalue weighted by Crippen LogP contribution is -2.35. The van der Waals surface area contributed by atoms with Crippen LogP contribution in [-0.4, -0.2) is 42.3 Å². The minimum atomic E-state index is -0.209. The topological polar surface area (TPSA) is 44.7 Å². The molecule has 1 fully saturated rings. The highest BCUT2D eigenvalue weighted by molar-refractivity contribution is 6.31. The van der Waals surface area contributed by atoms with Gasteiger partial charge >= 0.3 is 0 Å². The van der Waals surface area contributed by atoms with Crippen molar-refractivity contribution in [3.8, 4) is 11.5 Å². The van der Waals surface area contributed by atoms with Crippen LogP contribution in [0.3, 0.4) is 0 Å². The van der Waals surface area contributed by atoms with Crippen molar-refractivity contribution in [2.75, 3.05) is 20.1 Å². The highest BCUT2D eigenvalue weighted by Gasteiger charge is 2.27. The number of hydrogen-bond acceptors (Lipinski definition) is 4. The summed E-state index contributed by atoms with van der Waals surface area (Å²) in [7, 11) is 2.05. The van der Waals surface area contributed by atoms with Crippen LogP contribution in [0.25, 0.3) is 0 Å². The first kappa shape index (κ1) is 17.2. The largest absolute Gasteiger partial charge is 0.457 e. The van der Waals surface area contributed by atoms with Gasteiger partial charge in [0, 0.05) is 30.7 Å². The second-order valence-electron chi connectivity index (χ2n) is 6.28. The Morgan fingerprint density at radius 2 is 2.00 bits per heavy atom. The summed E-state index contributed by atoms with van der Waals surface area (Å²) in [6.45, 7) is 2.29. The molecule has 1 heterocycles. The van der Waals surface area contributed by atoms with Gasteiger partial charge in [-0.15, -0.1) is 0 Å². The number of likely N-dealkylation sites (N-methyl/N-ethyl adjacent to an activating group) is 1. The van der Waals surface area contributed by atoms with Crippen LogP contribution >= 0.6 is 11.6 Å². The van der Waals surface area contributed by atoms with Crippen molar-refractivity contribution in [2.45, 2.75) is 25.1 Å². The van der Waals surface area contributed by atoms with E-state index in [4.69, 9.17) is 16.3 Å². The van der Waals surface area contributed by atoms with Crippen LogP contribution in [0.4, 0.5) is 0 Å². The molecular weight excluding hydrogens is 324 g/mol. The molecule has 0 saturated carbocycles. The number of ether oxygens (including phenoxy) is 1. The van der Waals surface area contributed by atoms with E-state index in [1.165, 1.54) is 0 Å². The lowest BCUT2D eigenvalue weighted by atomic mass is 10.2. The van der Waals surface area contributed by atoms with Gasteiger partial charge in [0.05, 0.1) is 6.10 Å². The van der Waals surface area contributed by atoms with Crippen molar-refractivity contribution in [2.24, 2.45) is 0 Å². The molecule has 0 amide bonds. The van der Waals surface area contributed by atoms with Crippen molar-refractivity contribution in [3.05, 3.63) is 59.1 Å². The van der Waals surface area contributed by atoms with Crippen LogP contribution < -0.4 is 10.1 Å². The van der Waals surface area contributed by atoms with E-state index >= 15 is 0 Å². The second kappa shape index (κ2) is 7.99. The van der Waals surface area contributed by atoms with E-state index in [-0.39, 0.29) is 6.10 Å². The maximum Gasteiger partial charge on any atom is 0.128 e. The molecule has 4 nitrogen and oxygen atoms in total. The first-order chi connectivity index (χ1) is 11.6. The smallest absolute Gasteiger partial charge is 0.128 e. The molecule has 3 rings (SSSR count). The molecular formula is C19H23ClN2O2. The molecule has 2 unspecified atom stereocenters. The zero-order chi connectivity index (χ0) is 16.9. The summed E-state index contributed by atoms with van der Waals surface area (Å²) in [5.41, 5.74) is 1.04. The molecule has 0 radical (unpaired) electrons. The average molecular weight is 347 g/mol. The number of nitrogens with zero attached hydrogens (tertiary/aromatic N) is 1. The molecule has 1 saturated heterocycles. The third kappa shape index (κ3) is 4.48. The molecule has 2 aromatic rings. The Labute approximate surface area is 148 Å². The molecule has 2 aromatic carbocycles. The fourth-order valence-corrected chi connectivity index (χ4v) is 3.26. The number of aliphatic hydroxyl groups excluding tert-OH is 1. The highest BCUT2D eigenvalue weighted by Crippen LogP contribution is 2.26. The number of benzene rings is 2. The van der Waals surface area contributed by atoms with E-state index in [0.717, 1.165) is 36.6 Å². The summed E-state index contributed by atoms with van der Waals surface area (Å²) < 4.78 is 5.79. The van der Waals surface area contributed by atoms with Crippen LogP contribution in [0.5, 0.6) is 11.5 Å². The van der Waals surface area contributed by atoms with Gasteiger partial charge in [-0.2, -0.15) is 0 Å². The van der Waals surface area contributed by atoms with E-state index in [0.29, 0.717) is 17.6 Å². The molecule has 0 spiro atoms. The minimum absolute atomic E-state index is 0.209. The minimum Gasteiger partial charge on any atom is -0.457 e. The highest BCUT2D eigenvalue weighted by atomic mass is 35.5. The van der Waals surface area contributed by atoms with Crippen LogP contribution in [-0.2, 0) is 6.54 Å². The quantitative estimate of drug-likeness (QED) is 0.842. The summed E-state index contributed by atoms with van der Waals surface area (Å²) in [6.07, 6.45) is 0.612. The SMILES string of the molecule is CN1CC(O)CC1CNCc1ccc(Oc2ccccc2)cc1Cl. The predicted molar refractivity (Wildman–Crippen MR) is 96.7 cm³/mol. The van der Waals surface area contributed by atoms with Crippen molar-refractivity contribution < 1.29 is 9.84 Å². The zero-order valence-electron chi connectivity index (χ0n) is 13.8. The number of aliphatic hydroxyl groups is 1. The van der Waals surface area contributed by atoms with Crippen molar-refractivity contribution >= 4 is 11.6 Å². The Morgan fingerprint density at radius 3 is 2.67 bits per heavy atom. The Balaban J connectivity index is 1.53. The van der Waals surface area contributed by atoms with Gasteiger partial charge in [-0.1, -0.05) is 35.9 Å². The second-order valence-corrected chi connectivity index (χ2v) is 6.69. The predicted octanol–water partition coefficient (Wildman–Crippen LogP) is 3.29. The fourth-order valence-electron chi connectivity index (χ4n) is 3.02. The molecule has 128 valence electrons. The van der Waals surface area contributed by atoms with E-state index in [1.807, 2.05) is 55.6 Å². The van der Waals surface area contributed by atoms with E-state index in [1.54, 1.807) is 0 Å². The third-order valence-electron chi connectivity index (χ3n) is 4.37. The summed E-state index contributed by atoms with van der Waals surface area (Å²) >= 11 is 6.37. The lowest BCUT2D eigenvalue weighted by molar-refractivity contribution is 0.182. The van der Waals surface area contributed by atoms with Gasteiger partial charge in [0.25, 0.3) is 0 Å². The third-order valence-corrected chi connectivity index (χ3v) is 4.72. The molecule has 5 heteroatoms. The number of para-hydroxylation sites is 1. The molecule has 0 aromatic heterocycles. The first-order valence-corrected chi connectivity index (χ1v) is 8.60. The number of β-amino-alcohol motifs (C(OH)–C–C–N with tert-alkyl or cyclic N) is 1. The Kier molecular flexibility index (Phi) is 5.74. The molecule has 0 aliphatic carbocycles. The van der Waals surface area contributed by atoms with Gasteiger partial charge in [-0.25, -0.2) is 0 Å². The number of hydrogen-bond donors (Lipinski definition) is 2. The van der Waals surface area contributed by atoms with Gasteiger partial charge in [0.15, 0.2) is 0 Å². The first-order valence-electron chi connectivity index (χ1n) is 8.22. The number of rotatable bonds is 6. The fraction of sp³-hybridized carbons (Fsp3) is 0.368. The zero-order valence-corrected chi connectivity index (χ0v) is 14.5. The summed E-state index contributed by atoms with van der Waals surface area (Å²) in [4.78, 5) is 2.19. The van der Waals surface area contributed by atoms with Crippen LogP contribution in [0.1, 0.15) is 12.0 Å². The summed E-state index contributed by atoms with van der Waals surface area (Å²) in [6, 6.07) is 15.8. The molecule has 2 N–H and O–H groups in total. The lowest BCUT2D eigenvalue weighted by Gasteiger charge is -2.19. The van der Waals surface area contributed by atoms with Crippen LogP contribution in [0.15, 0.2) is 48.5 Å². The maximum atomic E-state index is 9.68. The Hall–Kier alpha value is -1.59. The van der Waals surface area contributed by atoms with Gasteiger partial charge in [-0.3, -0.25) is 4.90 Å². The summed E-state index contributed by atoms with van der Waals surface area (Å²) in [5, 5.41) is 13.8. The molecule has 0 bridgehead atoms. The normalized spacial score (nSPS) is 21.1. The monoisotopic (exact) mass is 346 g/mol. The number of nitrogens with one attached hydrogen (secondary N) is 1. The van der Waals surface area contributed by atoms with Crippen LogP contribution in [0, 0.1) is 0 Å². The van der Waals surface area contributed by atoms with Gasteiger partial charge in [0.2, 0.25) is 0 Å². The Bertz CT molecular complexity index is 666. The number of halogens is 1. The molecule has 1 aliphatic heterocycles. The maximum absolute atomic E-state index is 9.68. The molecule has 1 aliphatic rings. The van der Waals surface area contributed by atoms with Crippen molar-refractivity contribution in [1.29, 1.82) is 0 Å². The van der Waals surface area contributed by atoms with Crippen LogP contribution in [0.2, 0.25) is 5.02 Å². The van der Waals surface area contributed by atoms with Gasteiger partial charge in [0.1, 0.15) is 11.5 Å². The van der Waals surface area contributed by atoms with Gasteiger partial charge in [-0.05, 0) is 43.3 Å². The van der Waals surface area contributed by atoms with E-state index in [9.17, 15) is 5.11 Å². The Morgan fingerprint density at radius 1 is 1.21 bits per heavy atom. The van der Waals surface area contributed by atoms with Crippen molar-refractivity contribution in [3.63, 3.8) is 0 Å². The van der Waals surface area contributed by atoms with Gasteiger partial charge < -0.3 is 15.2 Å².